The second kappa shape index (κ2) is 15.2. The van der Waals surface area contributed by atoms with Crippen molar-refractivity contribution in [2.75, 3.05) is 32.0 Å². The summed E-state index contributed by atoms with van der Waals surface area (Å²) in [5.74, 6) is 0. The molecule has 6 N–H and O–H groups in total. The first kappa shape index (κ1) is 30.5. The average Bonchev–Trinajstić information content (AvgIpc) is 2.18. The number of hydrogen-bond donors (Lipinski definition) is 6. The zero-order valence-electron chi connectivity index (χ0n) is 12.8. The Labute approximate surface area is 136 Å². The van der Waals surface area contributed by atoms with Crippen LogP contribution >= 0.6 is 0 Å². The lowest BCUT2D eigenvalue weighted by atomic mass is 10.2. The molecule has 0 bridgehead atoms. The van der Waals surface area contributed by atoms with Gasteiger partial charge < -0.3 is 15.3 Å². The van der Waals surface area contributed by atoms with Gasteiger partial charge in [0.2, 0.25) is 0 Å². The van der Waals surface area contributed by atoms with Crippen molar-refractivity contribution in [3.05, 3.63) is 0 Å². The SMILES string of the molecule is CS(=O)(=O)O.CS(=O)(=O)O.CS(=O)(=O)O.OCCCC(O)CO. The van der Waals surface area contributed by atoms with E-state index >= 15 is 0 Å². The van der Waals surface area contributed by atoms with Gasteiger partial charge in [0.05, 0.1) is 31.5 Å². The van der Waals surface area contributed by atoms with Gasteiger partial charge in [0.25, 0.3) is 30.4 Å². The van der Waals surface area contributed by atoms with Crippen LogP contribution in [0.25, 0.3) is 0 Å². The third kappa shape index (κ3) is 264. The molecule has 146 valence electrons. The lowest BCUT2D eigenvalue weighted by molar-refractivity contribution is 0.0817. The van der Waals surface area contributed by atoms with Gasteiger partial charge in [-0.3, -0.25) is 13.7 Å². The van der Waals surface area contributed by atoms with E-state index in [4.69, 9.17) is 29.0 Å². The van der Waals surface area contributed by atoms with Gasteiger partial charge in [0.15, 0.2) is 0 Å². The van der Waals surface area contributed by atoms with E-state index in [2.05, 4.69) is 0 Å². The molecule has 1 unspecified atom stereocenters. The van der Waals surface area contributed by atoms with Crippen molar-refractivity contribution in [3.8, 4) is 0 Å². The normalized spacial score (nSPS) is 12.4. The lowest BCUT2D eigenvalue weighted by Crippen LogP contribution is -2.11. The van der Waals surface area contributed by atoms with E-state index in [9.17, 15) is 25.3 Å². The molecule has 0 aromatic rings. The molecule has 0 fully saturated rings. The van der Waals surface area contributed by atoms with Crippen LogP contribution in [-0.4, -0.2) is 92.3 Å². The molecule has 0 amide bonds. The molecule has 1 atom stereocenters. The fourth-order valence-corrected chi connectivity index (χ4v) is 0.418. The largest absolute Gasteiger partial charge is 0.396 e. The lowest BCUT2D eigenvalue weighted by Gasteiger charge is -2.02. The third-order valence-corrected chi connectivity index (χ3v) is 0.906. The van der Waals surface area contributed by atoms with Gasteiger partial charge in [-0.05, 0) is 12.8 Å². The highest BCUT2D eigenvalue weighted by molar-refractivity contribution is 7.85. The molecule has 0 spiro atoms. The minimum atomic E-state index is -3.67. The number of aliphatic hydroxyl groups is 3. The fourth-order valence-electron chi connectivity index (χ4n) is 0.418. The molecular weight excluding hydrogens is 384 g/mol. The van der Waals surface area contributed by atoms with Crippen molar-refractivity contribution < 1.29 is 54.2 Å². The van der Waals surface area contributed by atoms with Crippen molar-refractivity contribution in [1.29, 1.82) is 0 Å². The maximum atomic E-state index is 9.19. The molecule has 15 heteroatoms. The van der Waals surface area contributed by atoms with Crippen LogP contribution in [0, 0.1) is 0 Å². The van der Waals surface area contributed by atoms with Gasteiger partial charge in [-0.2, -0.15) is 25.3 Å². The van der Waals surface area contributed by atoms with Crippen molar-refractivity contribution in [1.82, 2.24) is 0 Å². The molecule has 23 heavy (non-hydrogen) atoms. The van der Waals surface area contributed by atoms with Crippen LogP contribution in [-0.2, 0) is 30.4 Å². The molecule has 0 aromatic carbocycles. The number of aliphatic hydroxyl groups excluding tert-OH is 3. The minimum absolute atomic E-state index is 0.0804. The van der Waals surface area contributed by atoms with Crippen LogP contribution in [0.15, 0.2) is 0 Å². The summed E-state index contributed by atoms with van der Waals surface area (Å²) in [5.41, 5.74) is 0. The zero-order valence-corrected chi connectivity index (χ0v) is 15.2. The van der Waals surface area contributed by atoms with E-state index in [1.807, 2.05) is 0 Å². The summed E-state index contributed by atoms with van der Waals surface area (Å²) >= 11 is 0. The predicted molar refractivity (Wildman–Crippen MR) is 81.8 cm³/mol. The molecular formula is C8H24O12S3. The average molecular weight is 408 g/mol. The molecule has 0 heterocycles. The Balaban J connectivity index is -0.000000108. The summed E-state index contributed by atoms with van der Waals surface area (Å²) in [6.07, 6.45) is 2.53. The smallest absolute Gasteiger partial charge is 0.261 e. The summed E-state index contributed by atoms with van der Waals surface area (Å²) in [6, 6.07) is 0. The van der Waals surface area contributed by atoms with Gasteiger partial charge in [-0.15, -0.1) is 0 Å². The van der Waals surface area contributed by atoms with Crippen LogP contribution in [0.5, 0.6) is 0 Å². The number of hydrogen-bond acceptors (Lipinski definition) is 9. The van der Waals surface area contributed by atoms with E-state index in [1.165, 1.54) is 0 Å². The van der Waals surface area contributed by atoms with Crippen LogP contribution in [0.2, 0.25) is 0 Å². The van der Waals surface area contributed by atoms with Gasteiger partial charge in [0, 0.05) is 6.61 Å². The molecule has 0 aliphatic rings. The molecule has 0 saturated carbocycles. The zero-order chi connectivity index (χ0) is 19.9. The minimum Gasteiger partial charge on any atom is -0.396 e. The van der Waals surface area contributed by atoms with Crippen molar-refractivity contribution in [3.63, 3.8) is 0 Å². The van der Waals surface area contributed by atoms with E-state index in [1.54, 1.807) is 0 Å². The van der Waals surface area contributed by atoms with Crippen LogP contribution < -0.4 is 0 Å². The Hall–Kier alpha value is -0.390. The molecule has 0 aromatic heterocycles. The third-order valence-electron chi connectivity index (χ3n) is 0.906. The topological polar surface area (TPSA) is 224 Å². The first-order valence-electron chi connectivity index (χ1n) is 5.48. The van der Waals surface area contributed by atoms with E-state index < -0.39 is 36.5 Å². The first-order valence-corrected chi connectivity index (χ1v) is 11.0. The monoisotopic (exact) mass is 408 g/mol. The Bertz CT molecular complexity index is 452. The fraction of sp³-hybridized carbons (Fsp3) is 1.00. The Morgan fingerprint density at radius 3 is 1.09 bits per heavy atom. The molecule has 0 radical (unpaired) electrons. The molecule has 0 rings (SSSR count). The number of rotatable bonds is 4. The summed E-state index contributed by atoms with van der Waals surface area (Å²) in [5, 5.41) is 25.1. The van der Waals surface area contributed by atoms with Crippen molar-refractivity contribution in [2.24, 2.45) is 0 Å². The maximum Gasteiger partial charge on any atom is 0.261 e. The Morgan fingerprint density at radius 2 is 0.957 bits per heavy atom. The highest BCUT2D eigenvalue weighted by Gasteiger charge is 1.98. The van der Waals surface area contributed by atoms with Gasteiger partial charge in [-0.25, -0.2) is 0 Å². The molecule has 12 nitrogen and oxygen atoms in total. The van der Waals surface area contributed by atoms with Crippen LogP contribution in [0.3, 0.4) is 0 Å². The van der Waals surface area contributed by atoms with E-state index in [0.717, 1.165) is 0 Å². The van der Waals surface area contributed by atoms with Crippen LogP contribution in [0.4, 0.5) is 0 Å². The molecule has 0 aliphatic carbocycles. The van der Waals surface area contributed by atoms with Crippen molar-refractivity contribution >= 4 is 30.4 Å². The summed E-state index contributed by atoms with van der Waals surface area (Å²) in [6.45, 7) is -0.128. The van der Waals surface area contributed by atoms with E-state index in [0.29, 0.717) is 31.6 Å². The summed E-state index contributed by atoms with van der Waals surface area (Å²) in [7, 11) is -11.0. The van der Waals surface area contributed by atoms with Gasteiger partial charge >= 0.3 is 0 Å². The van der Waals surface area contributed by atoms with Crippen molar-refractivity contribution in [2.45, 2.75) is 18.9 Å². The maximum absolute atomic E-state index is 9.19. The van der Waals surface area contributed by atoms with E-state index in [-0.39, 0.29) is 13.2 Å². The second-order valence-corrected chi connectivity index (χ2v) is 8.30. The van der Waals surface area contributed by atoms with Gasteiger partial charge in [-0.1, -0.05) is 0 Å². The second-order valence-electron chi connectivity index (χ2n) is 3.90. The van der Waals surface area contributed by atoms with Gasteiger partial charge in [0.1, 0.15) is 0 Å². The predicted octanol–water partition coefficient (Wildman–Crippen LogP) is -2.38. The Morgan fingerprint density at radius 1 is 0.739 bits per heavy atom. The molecule has 0 aliphatic heterocycles. The standard InChI is InChI=1S/C5H12O3.3CH4O3S/c6-3-1-2-5(8)4-7;3*1-5(2,3)4/h5-8H,1-4H2;3*1H3,(H,2,3,4). The molecule has 0 saturated heterocycles. The quantitative estimate of drug-likeness (QED) is 0.268. The Kier molecular flexibility index (Phi) is 20.1. The highest BCUT2D eigenvalue weighted by atomic mass is 32.2. The highest BCUT2D eigenvalue weighted by Crippen LogP contribution is 1.93. The summed E-state index contributed by atoms with van der Waals surface area (Å²) in [4.78, 5) is 0. The first-order chi connectivity index (χ1) is 9.81. The van der Waals surface area contributed by atoms with Crippen LogP contribution in [0.1, 0.15) is 12.8 Å². The summed E-state index contributed by atoms with van der Waals surface area (Å²) < 4.78 is 77.6.